The molecule has 0 amide bonds. The fraction of sp³-hybridized carbons (Fsp3) is 0.583. The van der Waals surface area contributed by atoms with Crippen molar-refractivity contribution in [1.82, 2.24) is 0 Å². The molecule has 1 aromatic carbocycles. The van der Waals surface area contributed by atoms with Gasteiger partial charge in [-0.25, -0.2) is 0 Å². The van der Waals surface area contributed by atoms with Crippen molar-refractivity contribution in [3.63, 3.8) is 0 Å². The molecule has 0 aromatic heterocycles. The monoisotopic (exact) mass is 324 g/mol. The Kier molecular flexibility index (Phi) is 6.90. The smallest absolute Gasteiger partial charge is 0.0101 e. The molecule has 1 aliphatic carbocycles. The Labute approximate surface area is 150 Å². The molecule has 0 atom stereocenters. The molecule has 0 aliphatic heterocycles. The molecule has 132 valence electrons. The van der Waals surface area contributed by atoms with Gasteiger partial charge in [0.05, 0.1) is 0 Å². The van der Waals surface area contributed by atoms with Crippen LogP contribution in [0.25, 0.3) is 6.08 Å². The normalized spacial score (nSPS) is 18.7. The minimum Gasteiger partial charge on any atom is -0.0812 e. The first-order valence-corrected chi connectivity index (χ1v) is 9.94. The minimum atomic E-state index is 0.296. The average molecular weight is 325 g/mol. The largest absolute Gasteiger partial charge is 0.0812 e. The Morgan fingerprint density at radius 3 is 2.46 bits per heavy atom. The third-order valence-corrected chi connectivity index (χ3v) is 5.45. The Hall–Kier alpha value is -1.30. The Morgan fingerprint density at radius 2 is 1.83 bits per heavy atom. The van der Waals surface area contributed by atoms with Gasteiger partial charge in [-0.2, -0.15) is 0 Å². The maximum absolute atomic E-state index is 2.51. The van der Waals surface area contributed by atoms with Crippen molar-refractivity contribution in [1.29, 1.82) is 0 Å². The van der Waals surface area contributed by atoms with E-state index in [9.17, 15) is 0 Å². The number of hydrogen-bond donors (Lipinski definition) is 0. The summed E-state index contributed by atoms with van der Waals surface area (Å²) in [7, 11) is 0. The highest BCUT2D eigenvalue weighted by Gasteiger charge is 2.27. The van der Waals surface area contributed by atoms with Crippen LogP contribution in [0.5, 0.6) is 0 Å². The molecule has 0 fully saturated rings. The van der Waals surface area contributed by atoms with Crippen molar-refractivity contribution >= 4 is 6.08 Å². The van der Waals surface area contributed by atoms with Crippen LogP contribution in [0.3, 0.4) is 0 Å². The van der Waals surface area contributed by atoms with Crippen LogP contribution in [0.4, 0.5) is 0 Å². The molecule has 24 heavy (non-hydrogen) atoms. The summed E-state index contributed by atoms with van der Waals surface area (Å²) in [5.41, 5.74) is 7.86. The van der Waals surface area contributed by atoms with Gasteiger partial charge in [-0.05, 0) is 61.1 Å². The number of allylic oxidation sites excluding steroid dienone is 3. The molecular weight excluding hydrogens is 288 g/mol. The lowest BCUT2D eigenvalue weighted by atomic mass is 9.71. The second-order valence-corrected chi connectivity index (χ2v) is 8.19. The standard InChI is InChI=1S/C24H36/c1-6-8-9-11-21-13-15-23(24(4,5)18-21)17-22-14-12-20(10-7-2)16-19(22)3/h12-14,16-17H,6-11,15,18H2,1-5H3/b23-17+. The molecule has 1 aliphatic rings. The molecule has 2 rings (SSSR count). The van der Waals surface area contributed by atoms with Gasteiger partial charge in [0.25, 0.3) is 0 Å². The van der Waals surface area contributed by atoms with Gasteiger partial charge in [0.15, 0.2) is 0 Å². The fourth-order valence-electron chi connectivity index (χ4n) is 3.86. The van der Waals surface area contributed by atoms with E-state index in [4.69, 9.17) is 0 Å². The summed E-state index contributed by atoms with van der Waals surface area (Å²) < 4.78 is 0. The Balaban J connectivity index is 2.15. The second kappa shape index (κ2) is 8.70. The topological polar surface area (TPSA) is 0 Å². The van der Waals surface area contributed by atoms with E-state index in [1.807, 2.05) is 0 Å². The number of aryl methyl sites for hydroxylation is 2. The van der Waals surface area contributed by atoms with Crippen LogP contribution >= 0.6 is 0 Å². The molecule has 0 saturated carbocycles. The van der Waals surface area contributed by atoms with E-state index in [1.54, 1.807) is 11.1 Å². The van der Waals surface area contributed by atoms with Crippen molar-refractivity contribution < 1.29 is 0 Å². The van der Waals surface area contributed by atoms with Gasteiger partial charge in [-0.15, -0.1) is 0 Å². The molecule has 1 aromatic rings. The SMILES string of the molecule is CCCCCC1=CC/C(=C\c2ccc(CCC)cc2C)C(C)(C)C1. The van der Waals surface area contributed by atoms with Gasteiger partial charge in [-0.3, -0.25) is 0 Å². The third-order valence-electron chi connectivity index (χ3n) is 5.45. The van der Waals surface area contributed by atoms with Gasteiger partial charge >= 0.3 is 0 Å². The van der Waals surface area contributed by atoms with Crippen molar-refractivity contribution in [2.24, 2.45) is 5.41 Å². The highest BCUT2D eigenvalue weighted by molar-refractivity contribution is 5.59. The van der Waals surface area contributed by atoms with Crippen LogP contribution in [0.1, 0.15) is 89.3 Å². The van der Waals surface area contributed by atoms with Gasteiger partial charge in [-0.1, -0.05) is 88.5 Å². The van der Waals surface area contributed by atoms with Crippen LogP contribution < -0.4 is 0 Å². The van der Waals surface area contributed by atoms with Gasteiger partial charge in [0, 0.05) is 0 Å². The fourth-order valence-corrected chi connectivity index (χ4v) is 3.86. The lowest BCUT2D eigenvalue weighted by Gasteiger charge is -2.33. The zero-order valence-electron chi connectivity index (χ0n) is 16.5. The van der Waals surface area contributed by atoms with Crippen LogP contribution in [-0.2, 0) is 6.42 Å². The number of hydrogen-bond acceptors (Lipinski definition) is 0. The lowest BCUT2D eigenvalue weighted by Crippen LogP contribution is -2.19. The van der Waals surface area contributed by atoms with E-state index in [2.05, 4.69) is 65.0 Å². The third kappa shape index (κ3) is 5.10. The van der Waals surface area contributed by atoms with Crippen molar-refractivity contribution in [2.75, 3.05) is 0 Å². The summed E-state index contributed by atoms with van der Waals surface area (Å²) in [6, 6.07) is 7.01. The first-order valence-electron chi connectivity index (χ1n) is 9.94. The molecule has 0 radical (unpaired) electrons. The van der Waals surface area contributed by atoms with Gasteiger partial charge < -0.3 is 0 Å². The average Bonchev–Trinajstić information content (AvgIpc) is 2.52. The highest BCUT2D eigenvalue weighted by atomic mass is 14.3. The Morgan fingerprint density at radius 1 is 1.04 bits per heavy atom. The lowest BCUT2D eigenvalue weighted by molar-refractivity contribution is 0.414. The van der Waals surface area contributed by atoms with E-state index >= 15 is 0 Å². The zero-order chi connectivity index (χ0) is 17.6. The van der Waals surface area contributed by atoms with Crippen LogP contribution in [0.2, 0.25) is 0 Å². The number of benzene rings is 1. The van der Waals surface area contributed by atoms with Crippen molar-refractivity contribution in [2.45, 2.75) is 86.0 Å². The number of rotatable bonds is 7. The molecule has 0 heterocycles. The summed E-state index contributed by atoms with van der Waals surface area (Å²) in [6.45, 7) is 11.6. The second-order valence-electron chi connectivity index (χ2n) is 8.19. The molecule has 0 bridgehead atoms. The molecule has 0 saturated heterocycles. The van der Waals surface area contributed by atoms with Crippen LogP contribution in [0, 0.1) is 12.3 Å². The highest BCUT2D eigenvalue weighted by Crippen LogP contribution is 2.42. The Bertz CT molecular complexity index is 598. The van der Waals surface area contributed by atoms with E-state index in [-0.39, 0.29) is 0 Å². The van der Waals surface area contributed by atoms with Gasteiger partial charge in [0.1, 0.15) is 0 Å². The first-order chi connectivity index (χ1) is 11.5. The van der Waals surface area contributed by atoms with E-state index < -0.39 is 0 Å². The van der Waals surface area contributed by atoms with E-state index in [1.165, 1.54) is 61.6 Å². The van der Waals surface area contributed by atoms with E-state index in [0.717, 1.165) is 6.42 Å². The number of unbranched alkanes of at least 4 members (excludes halogenated alkanes) is 2. The zero-order valence-corrected chi connectivity index (χ0v) is 16.5. The van der Waals surface area contributed by atoms with Crippen LogP contribution in [0.15, 0.2) is 35.4 Å². The van der Waals surface area contributed by atoms with E-state index in [0.29, 0.717) is 5.41 Å². The molecule has 0 unspecified atom stereocenters. The summed E-state index contributed by atoms with van der Waals surface area (Å²) in [6.07, 6.45) is 15.1. The maximum Gasteiger partial charge on any atom is -0.0101 e. The van der Waals surface area contributed by atoms with Gasteiger partial charge in [0.2, 0.25) is 0 Å². The summed E-state index contributed by atoms with van der Waals surface area (Å²) >= 11 is 0. The summed E-state index contributed by atoms with van der Waals surface area (Å²) in [5, 5.41) is 0. The summed E-state index contributed by atoms with van der Waals surface area (Å²) in [4.78, 5) is 0. The molecule has 0 heteroatoms. The predicted molar refractivity (Wildman–Crippen MR) is 108 cm³/mol. The molecule has 0 N–H and O–H groups in total. The predicted octanol–water partition coefficient (Wildman–Crippen LogP) is 7.66. The molecule has 0 nitrogen and oxygen atoms in total. The molecular formula is C24H36. The van der Waals surface area contributed by atoms with Crippen molar-refractivity contribution in [3.05, 3.63) is 52.1 Å². The first kappa shape index (κ1) is 19.0. The molecule has 0 spiro atoms. The quantitative estimate of drug-likeness (QED) is 0.357. The maximum atomic E-state index is 2.51. The minimum absolute atomic E-state index is 0.296. The summed E-state index contributed by atoms with van der Waals surface area (Å²) in [5.74, 6) is 0. The van der Waals surface area contributed by atoms with Crippen molar-refractivity contribution in [3.8, 4) is 0 Å². The van der Waals surface area contributed by atoms with Crippen LogP contribution in [-0.4, -0.2) is 0 Å².